The van der Waals surface area contributed by atoms with Gasteiger partial charge in [-0.1, -0.05) is 13.0 Å². The Labute approximate surface area is 106 Å². The molecule has 0 atom stereocenters. The number of likely N-dealkylation sites (N-methyl/N-ethyl adjacent to an activating group) is 1. The molecule has 0 amide bonds. The van der Waals surface area contributed by atoms with E-state index in [-0.39, 0.29) is 0 Å². The highest BCUT2D eigenvalue weighted by atomic mass is 32.1. The summed E-state index contributed by atoms with van der Waals surface area (Å²) in [5.74, 6) is 0.626. The predicted octanol–water partition coefficient (Wildman–Crippen LogP) is 2.56. The summed E-state index contributed by atoms with van der Waals surface area (Å²) in [5.41, 5.74) is 2.11. The highest BCUT2D eigenvalue weighted by Crippen LogP contribution is 2.26. The zero-order chi connectivity index (χ0) is 12.1. The molecule has 1 aromatic heterocycles. The van der Waals surface area contributed by atoms with E-state index in [4.69, 9.17) is 4.74 Å². The molecule has 2 rings (SSSR count). The van der Waals surface area contributed by atoms with Crippen molar-refractivity contribution in [2.24, 2.45) is 0 Å². The molecule has 0 aromatic carbocycles. The van der Waals surface area contributed by atoms with Gasteiger partial charge in [-0.15, -0.1) is 4.37 Å². The minimum Gasteiger partial charge on any atom is -0.445 e. The van der Waals surface area contributed by atoms with Crippen LogP contribution >= 0.6 is 11.7 Å². The van der Waals surface area contributed by atoms with Crippen LogP contribution in [0.1, 0.15) is 25.5 Å². The molecule has 1 aliphatic rings. The van der Waals surface area contributed by atoms with Gasteiger partial charge in [-0.3, -0.25) is 0 Å². The van der Waals surface area contributed by atoms with E-state index in [0.717, 1.165) is 31.6 Å². The quantitative estimate of drug-likeness (QED) is 0.771. The Morgan fingerprint density at radius 3 is 3.18 bits per heavy atom. The van der Waals surface area contributed by atoms with Crippen molar-refractivity contribution in [1.29, 1.82) is 0 Å². The van der Waals surface area contributed by atoms with Gasteiger partial charge in [0.25, 0.3) is 5.88 Å². The predicted molar refractivity (Wildman–Crippen MR) is 70.1 cm³/mol. The first-order valence-electron chi connectivity index (χ1n) is 5.83. The number of hydrogen-bond donors (Lipinski definition) is 0. The topological polar surface area (TPSA) is 38.3 Å². The highest BCUT2D eigenvalue weighted by molar-refractivity contribution is 6.99. The third-order valence-corrected chi connectivity index (χ3v) is 3.13. The van der Waals surface area contributed by atoms with Gasteiger partial charge in [0.05, 0.1) is 18.0 Å². The van der Waals surface area contributed by atoms with Crippen LogP contribution in [0.2, 0.25) is 0 Å². The normalized spacial score (nSPS) is 17.4. The largest absolute Gasteiger partial charge is 0.445 e. The molecule has 0 fully saturated rings. The molecule has 4 nitrogen and oxygen atoms in total. The van der Waals surface area contributed by atoms with Gasteiger partial charge in [0.1, 0.15) is 5.69 Å². The second kappa shape index (κ2) is 5.93. The molecule has 5 heteroatoms. The lowest BCUT2D eigenvalue weighted by atomic mass is 10.1. The summed E-state index contributed by atoms with van der Waals surface area (Å²) in [6, 6.07) is 0. The summed E-state index contributed by atoms with van der Waals surface area (Å²) in [4.78, 5) is 2.28. The van der Waals surface area contributed by atoms with Crippen LogP contribution in [0.25, 0.3) is 5.57 Å². The molecule has 92 valence electrons. The summed E-state index contributed by atoms with van der Waals surface area (Å²) in [6.45, 7) is 4.09. The highest BCUT2D eigenvalue weighted by Gasteiger charge is 2.17. The molecule has 17 heavy (non-hydrogen) atoms. The molecule has 0 radical (unpaired) electrons. The maximum absolute atomic E-state index is 5.50. The summed E-state index contributed by atoms with van der Waals surface area (Å²) < 4.78 is 14.0. The number of aromatic nitrogens is 2. The van der Waals surface area contributed by atoms with Gasteiger partial charge in [-0.2, -0.15) is 4.37 Å². The van der Waals surface area contributed by atoms with Crippen LogP contribution < -0.4 is 4.74 Å². The van der Waals surface area contributed by atoms with Crippen molar-refractivity contribution in [2.45, 2.75) is 19.8 Å². The van der Waals surface area contributed by atoms with Crippen molar-refractivity contribution in [2.75, 3.05) is 20.1 Å². The van der Waals surface area contributed by atoms with Crippen LogP contribution in [0, 0.1) is 0 Å². The Bertz CT molecular complexity index is 425. The third kappa shape index (κ3) is 3.14. The lowest BCUT2D eigenvalue weighted by Crippen LogP contribution is -2.25. The van der Waals surface area contributed by atoms with Crippen LogP contribution in [0.3, 0.4) is 0 Å². The zero-order valence-electron chi connectivity index (χ0n) is 10.2. The van der Waals surface area contributed by atoms with Crippen molar-refractivity contribution in [3.8, 4) is 5.88 Å². The number of ether oxygens (including phenoxy) is 1. The first-order valence-corrected chi connectivity index (χ1v) is 6.56. The van der Waals surface area contributed by atoms with Crippen molar-refractivity contribution >= 4 is 17.3 Å². The van der Waals surface area contributed by atoms with Crippen molar-refractivity contribution in [1.82, 2.24) is 13.6 Å². The van der Waals surface area contributed by atoms with Crippen LogP contribution in [0.5, 0.6) is 5.88 Å². The molecule has 0 N–H and O–H groups in total. The standard InChI is InChI=1S/C12H17N3OS/c1-3-4-8-16-12-11(13-17-14-12)10-6-5-7-15(2)9-10/h4,6,8H,3,5,7,9H2,1-2H3. The maximum atomic E-state index is 5.50. The molecule has 0 unspecified atom stereocenters. The number of hydrogen-bond acceptors (Lipinski definition) is 5. The van der Waals surface area contributed by atoms with E-state index in [9.17, 15) is 0 Å². The van der Waals surface area contributed by atoms with E-state index in [2.05, 4.69) is 33.7 Å². The van der Waals surface area contributed by atoms with Crippen LogP contribution in [-0.4, -0.2) is 33.8 Å². The van der Waals surface area contributed by atoms with Gasteiger partial charge in [-0.05, 0) is 31.5 Å². The Morgan fingerprint density at radius 1 is 1.53 bits per heavy atom. The fraction of sp³-hybridized carbons (Fsp3) is 0.500. The minimum atomic E-state index is 0.626. The molecular formula is C12H17N3OS. The Hall–Kier alpha value is -1.20. The average Bonchev–Trinajstić information content (AvgIpc) is 2.78. The summed E-state index contributed by atoms with van der Waals surface area (Å²) in [7, 11) is 2.12. The van der Waals surface area contributed by atoms with E-state index in [1.54, 1.807) is 6.26 Å². The fourth-order valence-electron chi connectivity index (χ4n) is 1.73. The Balaban J connectivity index is 2.13. The third-order valence-electron chi connectivity index (χ3n) is 2.62. The maximum Gasteiger partial charge on any atom is 0.258 e. The zero-order valence-corrected chi connectivity index (χ0v) is 11.0. The molecule has 0 saturated carbocycles. The molecule has 0 aliphatic carbocycles. The number of nitrogens with zero attached hydrogens (tertiary/aromatic N) is 3. The van der Waals surface area contributed by atoms with E-state index in [0.29, 0.717) is 5.88 Å². The average molecular weight is 251 g/mol. The van der Waals surface area contributed by atoms with Crippen LogP contribution in [0.15, 0.2) is 18.4 Å². The van der Waals surface area contributed by atoms with Gasteiger partial charge in [-0.25, -0.2) is 0 Å². The smallest absolute Gasteiger partial charge is 0.258 e. The fourth-order valence-corrected chi connectivity index (χ4v) is 2.25. The Kier molecular flexibility index (Phi) is 4.28. The second-order valence-corrected chi connectivity index (χ2v) is 4.60. The lowest BCUT2D eigenvalue weighted by molar-refractivity contribution is 0.371. The minimum absolute atomic E-state index is 0.626. The first-order chi connectivity index (χ1) is 8.31. The molecule has 0 bridgehead atoms. The number of rotatable bonds is 4. The first kappa shape index (κ1) is 12.3. The molecule has 2 heterocycles. The summed E-state index contributed by atoms with van der Waals surface area (Å²) in [5, 5.41) is 0. The molecular weight excluding hydrogens is 234 g/mol. The van der Waals surface area contributed by atoms with E-state index in [1.165, 1.54) is 17.3 Å². The molecule has 0 saturated heterocycles. The van der Waals surface area contributed by atoms with Gasteiger partial charge in [0.15, 0.2) is 0 Å². The van der Waals surface area contributed by atoms with Crippen LogP contribution in [-0.2, 0) is 0 Å². The van der Waals surface area contributed by atoms with Gasteiger partial charge in [0.2, 0.25) is 0 Å². The van der Waals surface area contributed by atoms with Crippen LogP contribution in [0.4, 0.5) is 0 Å². The molecule has 1 aromatic rings. The van der Waals surface area contributed by atoms with Gasteiger partial charge in [0, 0.05) is 13.1 Å². The lowest BCUT2D eigenvalue weighted by Gasteiger charge is -2.21. The molecule has 1 aliphatic heterocycles. The summed E-state index contributed by atoms with van der Waals surface area (Å²) in [6.07, 6.45) is 7.90. The number of allylic oxidation sites excluding steroid dienone is 1. The van der Waals surface area contributed by atoms with E-state index >= 15 is 0 Å². The second-order valence-electron chi connectivity index (χ2n) is 4.07. The van der Waals surface area contributed by atoms with Gasteiger partial charge < -0.3 is 9.64 Å². The van der Waals surface area contributed by atoms with Crippen molar-refractivity contribution < 1.29 is 4.74 Å². The summed E-state index contributed by atoms with van der Waals surface area (Å²) >= 11 is 1.20. The Morgan fingerprint density at radius 2 is 2.41 bits per heavy atom. The monoisotopic (exact) mass is 251 g/mol. The van der Waals surface area contributed by atoms with Crippen molar-refractivity contribution in [3.05, 3.63) is 24.1 Å². The van der Waals surface area contributed by atoms with Crippen molar-refractivity contribution in [3.63, 3.8) is 0 Å². The van der Waals surface area contributed by atoms with Gasteiger partial charge >= 0.3 is 0 Å². The molecule has 0 spiro atoms. The SMILES string of the molecule is CCC=COc1nsnc1C1=CCCN(C)C1. The van der Waals surface area contributed by atoms with E-state index < -0.39 is 0 Å². The van der Waals surface area contributed by atoms with E-state index in [1.807, 2.05) is 6.08 Å².